The molecular weight excluding hydrogens is 492 g/mol. The highest BCUT2D eigenvalue weighted by molar-refractivity contribution is 5.49. The maximum atomic E-state index is 6.10. The summed E-state index contributed by atoms with van der Waals surface area (Å²) in [7, 11) is 0. The molecule has 0 saturated carbocycles. The summed E-state index contributed by atoms with van der Waals surface area (Å²) in [6.07, 6.45) is 0. The monoisotopic (exact) mass is 528 g/mol. The van der Waals surface area contributed by atoms with E-state index in [1.165, 1.54) is 22.3 Å². The SMILES string of the molecule is CC(C)(c1ccc(C(C)(C)c2cccc(Oc3cccc(N)c3)c2)cc1)c1cccc(Oc2cccc(N)c2)c1. The highest BCUT2D eigenvalue weighted by Crippen LogP contribution is 2.38. The van der Waals surface area contributed by atoms with Gasteiger partial charge in [0.2, 0.25) is 0 Å². The van der Waals surface area contributed by atoms with Crippen LogP contribution in [0.1, 0.15) is 49.9 Å². The van der Waals surface area contributed by atoms with Crippen LogP contribution in [0.4, 0.5) is 11.4 Å². The van der Waals surface area contributed by atoms with Gasteiger partial charge in [0.15, 0.2) is 0 Å². The molecule has 5 rings (SSSR count). The van der Waals surface area contributed by atoms with Crippen molar-refractivity contribution in [2.45, 2.75) is 38.5 Å². The van der Waals surface area contributed by atoms with Gasteiger partial charge in [0.25, 0.3) is 0 Å². The van der Waals surface area contributed by atoms with Gasteiger partial charge in [-0.05, 0) is 70.8 Å². The lowest BCUT2D eigenvalue weighted by Gasteiger charge is -2.30. The van der Waals surface area contributed by atoms with Crippen molar-refractivity contribution in [3.05, 3.63) is 144 Å². The quantitative estimate of drug-likeness (QED) is 0.197. The Morgan fingerprint density at radius 1 is 0.400 bits per heavy atom. The van der Waals surface area contributed by atoms with Gasteiger partial charge in [-0.15, -0.1) is 0 Å². The van der Waals surface area contributed by atoms with E-state index in [9.17, 15) is 0 Å². The second kappa shape index (κ2) is 10.8. The van der Waals surface area contributed by atoms with Crippen LogP contribution in [0.2, 0.25) is 0 Å². The van der Waals surface area contributed by atoms with Crippen molar-refractivity contribution < 1.29 is 9.47 Å². The predicted octanol–water partition coefficient (Wildman–Crippen LogP) is 9.09. The molecule has 5 aromatic carbocycles. The summed E-state index contributed by atoms with van der Waals surface area (Å²) in [6.45, 7) is 8.96. The molecule has 0 amide bonds. The molecule has 4 nitrogen and oxygen atoms in total. The van der Waals surface area contributed by atoms with Crippen molar-refractivity contribution in [2.75, 3.05) is 11.5 Å². The molecule has 0 radical (unpaired) electrons. The van der Waals surface area contributed by atoms with E-state index in [4.69, 9.17) is 20.9 Å². The van der Waals surface area contributed by atoms with Gasteiger partial charge in [-0.2, -0.15) is 0 Å². The molecule has 0 heterocycles. The summed E-state index contributed by atoms with van der Waals surface area (Å²) in [5.74, 6) is 3.02. The zero-order chi connectivity index (χ0) is 28.3. The Bertz CT molecular complexity index is 1500. The fraction of sp³-hybridized carbons (Fsp3) is 0.167. The first kappa shape index (κ1) is 26.9. The van der Waals surface area contributed by atoms with Gasteiger partial charge in [0, 0.05) is 34.3 Å². The Morgan fingerprint density at radius 3 is 1.07 bits per heavy atom. The summed E-state index contributed by atoms with van der Waals surface area (Å²) >= 11 is 0. The lowest BCUT2D eigenvalue weighted by atomic mass is 9.74. The molecule has 0 bridgehead atoms. The number of anilines is 2. The first-order valence-electron chi connectivity index (χ1n) is 13.5. The number of nitrogen functional groups attached to an aromatic ring is 2. The van der Waals surface area contributed by atoms with Gasteiger partial charge in [-0.1, -0.05) is 88.4 Å². The number of nitrogens with two attached hydrogens (primary N) is 2. The summed E-state index contributed by atoms with van der Waals surface area (Å²) in [6, 6.07) is 40.4. The first-order valence-corrected chi connectivity index (χ1v) is 13.5. The highest BCUT2D eigenvalue weighted by atomic mass is 16.5. The van der Waals surface area contributed by atoms with Crippen LogP contribution in [0.15, 0.2) is 121 Å². The van der Waals surface area contributed by atoms with E-state index in [-0.39, 0.29) is 10.8 Å². The summed E-state index contributed by atoms with van der Waals surface area (Å²) in [4.78, 5) is 0. The normalized spacial score (nSPS) is 11.7. The number of ether oxygens (including phenoxy) is 2. The van der Waals surface area contributed by atoms with E-state index in [1.807, 2.05) is 72.8 Å². The maximum absolute atomic E-state index is 6.10. The molecule has 0 spiro atoms. The van der Waals surface area contributed by atoms with Gasteiger partial charge in [-0.25, -0.2) is 0 Å². The van der Waals surface area contributed by atoms with Crippen LogP contribution in [-0.2, 0) is 10.8 Å². The minimum Gasteiger partial charge on any atom is -0.457 e. The van der Waals surface area contributed by atoms with E-state index in [1.54, 1.807) is 0 Å². The molecule has 0 atom stereocenters. The summed E-state index contributed by atoms with van der Waals surface area (Å²) in [5, 5.41) is 0. The number of rotatable bonds is 8. The Hall–Kier alpha value is -4.70. The Labute approximate surface area is 237 Å². The van der Waals surface area contributed by atoms with Crippen LogP contribution in [0.25, 0.3) is 0 Å². The van der Waals surface area contributed by atoms with Crippen LogP contribution >= 0.6 is 0 Å². The van der Waals surface area contributed by atoms with Crippen molar-refractivity contribution >= 4 is 11.4 Å². The Morgan fingerprint density at radius 2 is 0.725 bits per heavy atom. The third-order valence-corrected chi connectivity index (χ3v) is 7.63. The largest absolute Gasteiger partial charge is 0.457 e. The minimum absolute atomic E-state index is 0.219. The van der Waals surface area contributed by atoms with Crippen LogP contribution in [0, 0.1) is 0 Å². The lowest BCUT2D eigenvalue weighted by molar-refractivity contribution is 0.479. The van der Waals surface area contributed by atoms with Crippen LogP contribution in [-0.4, -0.2) is 0 Å². The zero-order valence-corrected chi connectivity index (χ0v) is 23.5. The topological polar surface area (TPSA) is 70.5 Å². The highest BCUT2D eigenvalue weighted by Gasteiger charge is 2.27. The fourth-order valence-corrected chi connectivity index (χ4v) is 4.96. The fourth-order valence-electron chi connectivity index (χ4n) is 4.96. The number of benzene rings is 5. The average Bonchev–Trinajstić information content (AvgIpc) is 2.93. The van der Waals surface area contributed by atoms with Crippen molar-refractivity contribution in [1.29, 1.82) is 0 Å². The predicted molar refractivity (Wildman–Crippen MR) is 165 cm³/mol. The third-order valence-electron chi connectivity index (χ3n) is 7.63. The van der Waals surface area contributed by atoms with E-state index in [0.29, 0.717) is 11.4 Å². The smallest absolute Gasteiger partial charge is 0.129 e. The van der Waals surface area contributed by atoms with E-state index >= 15 is 0 Å². The number of hydrogen-bond acceptors (Lipinski definition) is 4. The van der Waals surface area contributed by atoms with Gasteiger partial charge < -0.3 is 20.9 Å². The maximum Gasteiger partial charge on any atom is 0.129 e. The van der Waals surface area contributed by atoms with Crippen molar-refractivity contribution in [2.24, 2.45) is 0 Å². The standard InChI is InChI=1S/C36H36N2O2/c1-35(2,27-9-5-13-31(21-27)39-33-15-7-11-29(37)23-33)25-17-19-26(20-18-25)36(3,4)28-10-6-14-32(22-28)40-34-16-8-12-30(38)24-34/h5-24H,37-38H2,1-4H3. The molecule has 40 heavy (non-hydrogen) atoms. The molecule has 5 aromatic rings. The molecule has 4 N–H and O–H groups in total. The molecule has 0 aliphatic carbocycles. The molecule has 0 fully saturated rings. The van der Waals surface area contributed by atoms with Crippen molar-refractivity contribution in [3.8, 4) is 23.0 Å². The first-order chi connectivity index (χ1) is 19.1. The Kier molecular flexibility index (Phi) is 7.27. The molecule has 0 aliphatic rings. The molecule has 0 aromatic heterocycles. The van der Waals surface area contributed by atoms with Gasteiger partial charge >= 0.3 is 0 Å². The van der Waals surface area contributed by atoms with E-state index in [2.05, 4.69) is 76.2 Å². The van der Waals surface area contributed by atoms with Crippen LogP contribution in [0.5, 0.6) is 23.0 Å². The second-order valence-corrected chi connectivity index (χ2v) is 11.2. The molecule has 4 heteroatoms. The number of hydrogen-bond donors (Lipinski definition) is 2. The van der Waals surface area contributed by atoms with Crippen molar-refractivity contribution in [3.63, 3.8) is 0 Å². The second-order valence-electron chi connectivity index (χ2n) is 11.2. The van der Waals surface area contributed by atoms with Gasteiger partial charge in [-0.3, -0.25) is 0 Å². The molecule has 0 aliphatic heterocycles. The lowest BCUT2D eigenvalue weighted by Crippen LogP contribution is -2.21. The molecule has 202 valence electrons. The molecule has 0 unspecified atom stereocenters. The van der Waals surface area contributed by atoms with Crippen LogP contribution < -0.4 is 20.9 Å². The van der Waals surface area contributed by atoms with Gasteiger partial charge in [0.05, 0.1) is 0 Å². The van der Waals surface area contributed by atoms with Crippen molar-refractivity contribution in [1.82, 2.24) is 0 Å². The van der Waals surface area contributed by atoms with Crippen LogP contribution in [0.3, 0.4) is 0 Å². The van der Waals surface area contributed by atoms with E-state index < -0.39 is 0 Å². The van der Waals surface area contributed by atoms with Gasteiger partial charge in [0.1, 0.15) is 23.0 Å². The zero-order valence-electron chi connectivity index (χ0n) is 23.5. The molecule has 0 saturated heterocycles. The average molecular weight is 529 g/mol. The third kappa shape index (κ3) is 5.81. The summed E-state index contributed by atoms with van der Waals surface area (Å²) in [5.41, 5.74) is 17.6. The Balaban J connectivity index is 1.36. The molecular formula is C36H36N2O2. The van der Waals surface area contributed by atoms with E-state index in [0.717, 1.165) is 23.0 Å². The minimum atomic E-state index is -0.219. The summed E-state index contributed by atoms with van der Waals surface area (Å²) < 4.78 is 12.2.